The van der Waals surface area contributed by atoms with Crippen molar-refractivity contribution < 1.29 is 27.5 Å². The van der Waals surface area contributed by atoms with Crippen LogP contribution in [0.2, 0.25) is 5.02 Å². The Morgan fingerprint density at radius 2 is 1.88 bits per heavy atom. The standard InChI is InChI=1S/C29H36ClF3N4O4/c1-5-41-25(38)13-18-6-9-20(10-7-18)37-27(40)21-12-17(4)36(15-24(21)35-28(37)34-16(2)3)26(39)19-8-11-23(30)22(14-19)29(31,32)33/h8,11,14,16-18,20H,5-7,9-10,12-13,15H2,1-4H3,(H,34,35)/t17-,18-,20+/m1/s1. The third kappa shape index (κ3) is 6.88. The predicted molar refractivity (Wildman–Crippen MR) is 149 cm³/mol. The van der Waals surface area contributed by atoms with E-state index >= 15 is 0 Å². The maximum absolute atomic E-state index is 13.9. The number of fused-ring (bicyclic) bond motifs is 1. The van der Waals surface area contributed by atoms with E-state index in [1.807, 2.05) is 13.8 Å². The molecule has 0 bridgehead atoms. The van der Waals surface area contributed by atoms with Gasteiger partial charge in [-0.1, -0.05) is 11.6 Å². The van der Waals surface area contributed by atoms with E-state index in [-0.39, 0.29) is 48.1 Å². The lowest BCUT2D eigenvalue weighted by atomic mass is 9.84. The number of nitrogens with one attached hydrogen (secondary N) is 1. The molecule has 2 aliphatic rings. The molecule has 1 aromatic heterocycles. The van der Waals surface area contributed by atoms with E-state index in [4.69, 9.17) is 21.3 Å². The minimum Gasteiger partial charge on any atom is -0.466 e. The SMILES string of the molecule is CCOC(=O)C[C@H]1CC[C@@H](n2c(NC(C)C)nc3c(c2=O)C[C@@H](C)N(C(=O)c2ccc(Cl)c(C(F)(F)F)c2)C3)CC1. The number of benzene rings is 1. The highest BCUT2D eigenvalue weighted by Crippen LogP contribution is 2.37. The summed E-state index contributed by atoms with van der Waals surface area (Å²) in [5.74, 6) is -0.176. The molecule has 1 aliphatic heterocycles. The molecule has 4 rings (SSSR count). The van der Waals surface area contributed by atoms with Crippen LogP contribution in [0, 0.1) is 5.92 Å². The Kier molecular flexibility index (Phi) is 9.35. The van der Waals surface area contributed by atoms with E-state index in [0.717, 1.165) is 37.8 Å². The first-order valence-electron chi connectivity index (χ1n) is 14.0. The van der Waals surface area contributed by atoms with Crippen molar-refractivity contribution in [2.24, 2.45) is 5.92 Å². The minimum atomic E-state index is -4.70. The Balaban J connectivity index is 1.61. The average Bonchev–Trinajstić information content (AvgIpc) is 2.89. The van der Waals surface area contributed by atoms with Crippen LogP contribution in [0.1, 0.15) is 93.0 Å². The quantitative estimate of drug-likeness (QED) is 0.394. The van der Waals surface area contributed by atoms with Crippen LogP contribution in [-0.4, -0.2) is 45.0 Å². The first kappa shape index (κ1) is 30.9. The van der Waals surface area contributed by atoms with E-state index < -0.39 is 28.7 Å². The summed E-state index contributed by atoms with van der Waals surface area (Å²) in [6.45, 7) is 7.77. The fourth-order valence-electron chi connectivity index (χ4n) is 5.75. The van der Waals surface area contributed by atoms with Crippen molar-refractivity contribution in [2.45, 2.75) is 97.1 Å². The van der Waals surface area contributed by atoms with Gasteiger partial charge < -0.3 is 15.0 Å². The van der Waals surface area contributed by atoms with Crippen molar-refractivity contribution in [3.63, 3.8) is 0 Å². The maximum atomic E-state index is 13.9. The monoisotopic (exact) mass is 596 g/mol. The molecule has 0 saturated heterocycles. The number of amides is 1. The number of esters is 1. The number of ether oxygens (including phenoxy) is 1. The van der Waals surface area contributed by atoms with Crippen molar-refractivity contribution in [1.29, 1.82) is 0 Å². The molecule has 1 atom stereocenters. The number of rotatable bonds is 7. The van der Waals surface area contributed by atoms with Crippen LogP contribution in [-0.2, 0) is 28.7 Å². The van der Waals surface area contributed by atoms with Gasteiger partial charge in [0.2, 0.25) is 5.95 Å². The zero-order valence-electron chi connectivity index (χ0n) is 23.7. The molecular weight excluding hydrogens is 561 g/mol. The average molecular weight is 597 g/mol. The number of nitrogens with zero attached hydrogens (tertiary/aromatic N) is 3. The van der Waals surface area contributed by atoms with E-state index in [1.54, 1.807) is 18.4 Å². The van der Waals surface area contributed by atoms with E-state index in [0.29, 0.717) is 30.2 Å². The number of carbonyl (C=O) groups is 2. The second-order valence-corrected chi connectivity index (χ2v) is 11.6. The third-order valence-electron chi connectivity index (χ3n) is 7.79. The summed E-state index contributed by atoms with van der Waals surface area (Å²) in [6.07, 6.45) is -1.09. The number of alkyl halides is 3. The predicted octanol–water partition coefficient (Wildman–Crippen LogP) is 6.01. The normalized spacial score (nSPS) is 21.0. The van der Waals surface area contributed by atoms with Gasteiger partial charge >= 0.3 is 12.1 Å². The molecule has 2 aromatic rings. The van der Waals surface area contributed by atoms with Gasteiger partial charge in [-0.2, -0.15) is 13.2 Å². The van der Waals surface area contributed by atoms with E-state index in [2.05, 4.69) is 5.32 Å². The van der Waals surface area contributed by atoms with Gasteiger partial charge in [-0.3, -0.25) is 19.0 Å². The number of aromatic nitrogens is 2. The fraction of sp³-hybridized carbons (Fsp3) is 0.586. The van der Waals surface area contributed by atoms with Gasteiger partial charge in [-0.25, -0.2) is 4.98 Å². The molecule has 0 spiro atoms. The lowest BCUT2D eigenvalue weighted by molar-refractivity contribution is -0.144. The van der Waals surface area contributed by atoms with Gasteiger partial charge in [0.15, 0.2) is 0 Å². The first-order chi connectivity index (χ1) is 19.3. The highest BCUT2D eigenvalue weighted by atomic mass is 35.5. The van der Waals surface area contributed by atoms with Crippen LogP contribution in [0.15, 0.2) is 23.0 Å². The lowest BCUT2D eigenvalue weighted by Crippen LogP contribution is -2.46. The van der Waals surface area contributed by atoms with Gasteiger partial charge in [0.05, 0.1) is 29.4 Å². The Morgan fingerprint density at radius 1 is 1.20 bits per heavy atom. The van der Waals surface area contributed by atoms with Gasteiger partial charge in [0, 0.05) is 35.7 Å². The van der Waals surface area contributed by atoms with Gasteiger partial charge in [-0.05, 0) is 83.9 Å². The summed E-state index contributed by atoms with van der Waals surface area (Å²) in [6, 6.07) is 2.56. The Morgan fingerprint density at radius 3 is 2.49 bits per heavy atom. The molecule has 1 amide bonds. The molecule has 0 radical (unpaired) electrons. The summed E-state index contributed by atoms with van der Waals surface area (Å²) in [5, 5.41) is 2.79. The van der Waals surface area contributed by atoms with Crippen LogP contribution in [0.25, 0.3) is 0 Å². The largest absolute Gasteiger partial charge is 0.466 e. The van der Waals surface area contributed by atoms with Crippen molar-refractivity contribution in [2.75, 3.05) is 11.9 Å². The number of halogens is 4. The maximum Gasteiger partial charge on any atom is 0.417 e. The van der Waals surface area contributed by atoms with Crippen molar-refractivity contribution in [1.82, 2.24) is 14.5 Å². The lowest BCUT2D eigenvalue weighted by Gasteiger charge is -2.36. The molecule has 41 heavy (non-hydrogen) atoms. The second kappa shape index (κ2) is 12.4. The van der Waals surface area contributed by atoms with Crippen molar-refractivity contribution in [3.8, 4) is 0 Å². The molecule has 1 fully saturated rings. The summed E-state index contributed by atoms with van der Waals surface area (Å²) in [5.41, 5.74) is -0.433. The molecule has 224 valence electrons. The summed E-state index contributed by atoms with van der Waals surface area (Å²) < 4.78 is 47.1. The number of hydrogen-bond acceptors (Lipinski definition) is 6. The smallest absolute Gasteiger partial charge is 0.417 e. The van der Waals surface area contributed by atoms with Crippen LogP contribution >= 0.6 is 11.6 Å². The van der Waals surface area contributed by atoms with E-state index in [1.165, 1.54) is 11.0 Å². The number of carbonyl (C=O) groups excluding carboxylic acids is 2. The highest BCUT2D eigenvalue weighted by Gasteiger charge is 2.37. The Bertz CT molecular complexity index is 1350. The van der Waals surface area contributed by atoms with Crippen LogP contribution < -0.4 is 10.9 Å². The molecule has 1 aliphatic carbocycles. The molecule has 1 saturated carbocycles. The van der Waals surface area contributed by atoms with Crippen molar-refractivity contribution >= 4 is 29.4 Å². The minimum absolute atomic E-state index is 0.00551. The Labute approximate surface area is 242 Å². The van der Waals surface area contributed by atoms with Gasteiger partial charge in [0.1, 0.15) is 0 Å². The summed E-state index contributed by atoms with van der Waals surface area (Å²) >= 11 is 5.75. The summed E-state index contributed by atoms with van der Waals surface area (Å²) in [4.78, 5) is 45.5. The molecule has 2 heterocycles. The van der Waals surface area contributed by atoms with Crippen LogP contribution in [0.3, 0.4) is 0 Å². The highest BCUT2D eigenvalue weighted by molar-refractivity contribution is 6.31. The topological polar surface area (TPSA) is 93.5 Å². The molecule has 1 N–H and O–H groups in total. The third-order valence-corrected chi connectivity index (χ3v) is 8.12. The van der Waals surface area contributed by atoms with E-state index in [9.17, 15) is 27.6 Å². The number of anilines is 1. The Hall–Kier alpha value is -3.08. The first-order valence-corrected chi connectivity index (χ1v) is 14.4. The van der Waals surface area contributed by atoms with Crippen LogP contribution in [0.5, 0.6) is 0 Å². The fourth-order valence-corrected chi connectivity index (χ4v) is 5.97. The second-order valence-electron chi connectivity index (χ2n) is 11.2. The van der Waals surface area contributed by atoms with Crippen molar-refractivity contribution in [3.05, 3.63) is 56.0 Å². The summed E-state index contributed by atoms with van der Waals surface area (Å²) in [7, 11) is 0. The molecular formula is C29H36ClF3N4O4. The molecule has 12 heteroatoms. The molecule has 0 unspecified atom stereocenters. The number of hydrogen-bond donors (Lipinski definition) is 1. The zero-order chi connectivity index (χ0) is 30.1. The molecule has 8 nitrogen and oxygen atoms in total. The molecule has 1 aromatic carbocycles. The van der Waals surface area contributed by atoms with Crippen LogP contribution in [0.4, 0.5) is 19.1 Å². The van der Waals surface area contributed by atoms with Gasteiger partial charge in [0.25, 0.3) is 11.5 Å². The zero-order valence-corrected chi connectivity index (χ0v) is 24.4. The van der Waals surface area contributed by atoms with Gasteiger partial charge in [-0.15, -0.1) is 0 Å².